The summed E-state index contributed by atoms with van der Waals surface area (Å²) in [6.45, 7) is 5.38. The van der Waals surface area contributed by atoms with E-state index in [1.165, 1.54) is 0 Å². The molecule has 0 aromatic heterocycles. The number of carbonyl (C=O) groups excluding carboxylic acids is 1. The Morgan fingerprint density at radius 1 is 1.36 bits per heavy atom. The average molecular weight is 355 g/mol. The Bertz CT molecular complexity index is 488. The molecule has 2 aliphatic rings. The zero-order valence-corrected chi connectivity index (χ0v) is 15.1. The summed E-state index contributed by atoms with van der Waals surface area (Å²) in [6, 6.07) is 0. The minimum absolute atomic E-state index is 0.0355. The third-order valence-electron chi connectivity index (χ3n) is 5.32. The maximum Gasteiger partial charge on any atom is 0.309 e. The highest BCUT2D eigenvalue weighted by molar-refractivity contribution is 5.71. The van der Waals surface area contributed by atoms with Gasteiger partial charge in [-0.3, -0.25) is 14.9 Å². The molecule has 2 rings (SSSR count). The van der Waals surface area contributed by atoms with E-state index in [9.17, 15) is 14.9 Å². The molecule has 1 aliphatic heterocycles. The van der Waals surface area contributed by atoms with Gasteiger partial charge in [-0.05, 0) is 26.2 Å². The lowest BCUT2D eigenvalue weighted by molar-refractivity contribution is -0.580. The Labute approximate surface area is 148 Å². The summed E-state index contributed by atoms with van der Waals surface area (Å²) in [4.78, 5) is 23.2. The molecule has 2 fully saturated rings. The van der Waals surface area contributed by atoms with Crippen LogP contribution in [0.2, 0.25) is 0 Å². The first-order chi connectivity index (χ1) is 12.0. The van der Waals surface area contributed by atoms with Gasteiger partial charge in [0.25, 0.3) is 0 Å². The van der Waals surface area contributed by atoms with Crippen LogP contribution in [-0.4, -0.2) is 42.5 Å². The monoisotopic (exact) mass is 355 g/mol. The van der Waals surface area contributed by atoms with Crippen molar-refractivity contribution >= 4 is 5.97 Å². The Balaban J connectivity index is 2.04. The molecule has 1 heterocycles. The predicted molar refractivity (Wildman–Crippen MR) is 91.5 cm³/mol. The number of rotatable bonds is 8. The Kier molecular flexibility index (Phi) is 7.38. The molecule has 1 saturated carbocycles. The van der Waals surface area contributed by atoms with Gasteiger partial charge in [0.2, 0.25) is 5.54 Å². The molecule has 0 radical (unpaired) electrons. The number of nitro groups is 1. The molecule has 0 amide bonds. The van der Waals surface area contributed by atoms with Crippen molar-refractivity contribution < 1.29 is 23.9 Å². The summed E-state index contributed by atoms with van der Waals surface area (Å²) in [6.07, 6.45) is 6.59. The van der Waals surface area contributed by atoms with Gasteiger partial charge in [-0.2, -0.15) is 0 Å². The number of nitrogens with zero attached hydrogens (tertiary/aromatic N) is 1. The van der Waals surface area contributed by atoms with Crippen LogP contribution in [0, 0.1) is 22.0 Å². The molecule has 0 aromatic rings. The fourth-order valence-electron chi connectivity index (χ4n) is 4.08. The van der Waals surface area contributed by atoms with Crippen molar-refractivity contribution in [2.75, 3.05) is 19.8 Å². The van der Waals surface area contributed by atoms with Gasteiger partial charge in [-0.25, -0.2) is 0 Å². The van der Waals surface area contributed by atoms with Crippen LogP contribution in [0.15, 0.2) is 12.2 Å². The highest BCUT2D eigenvalue weighted by Gasteiger charge is 2.56. The number of esters is 1. The van der Waals surface area contributed by atoms with Crippen molar-refractivity contribution in [3.63, 3.8) is 0 Å². The summed E-state index contributed by atoms with van der Waals surface area (Å²) in [5.41, 5.74) is -1.01. The Hall–Kier alpha value is -1.47. The highest BCUT2D eigenvalue weighted by Crippen LogP contribution is 2.46. The van der Waals surface area contributed by atoms with Crippen LogP contribution in [0.4, 0.5) is 0 Å². The average Bonchev–Trinajstić information content (AvgIpc) is 3.04. The van der Waals surface area contributed by atoms with E-state index in [1.807, 2.05) is 6.92 Å². The van der Waals surface area contributed by atoms with Crippen LogP contribution in [-0.2, 0) is 19.0 Å². The van der Waals surface area contributed by atoms with Crippen molar-refractivity contribution in [3.8, 4) is 0 Å². The van der Waals surface area contributed by atoms with Crippen LogP contribution >= 0.6 is 0 Å². The van der Waals surface area contributed by atoms with Crippen molar-refractivity contribution in [2.24, 2.45) is 11.8 Å². The summed E-state index contributed by atoms with van der Waals surface area (Å²) in [7, 11) is 0. The number of hydrogen-bond acceptors (Lipinski definition) is 6. The summed E-state index contributed by atoms with van der Waals surface area (Å²) in [5, 5.41) is 12.0. The van der Waals surface area contributed by atoms with Crippen molar-refractivity contribution in [1.82, 2.24) is 0 Å². The quantitative estimate of drug-likeness (QED) is 0.288. The van der Waals surface area contributed by atoms with Gasteiger partial charge in [0, 0.05) is 29.6 Å². The van der Waals surface area contributed by atoms with Gasteiger partial charge >= 0.3 is 5.97 Å². The van der Waals surface area contributed by atoms with E-state index >= 15 is 0 Å². The summed E-state index contributed by atoms with van der Waals surface area (Å²) in [5.74, 6) is -0.446. The number of ether oxygens (including phenoxy) is 3. The van der Waals surface area contributed by atoms with E-state index in [1.54, 1.807) is 19.1 Å². The van der Waals surface area contributed by atoms with E-state index in [4.69, 9.17) is 14.2 Å². The number of hydrogen-bond donors (Lipinski definition) is 0. The number of carbonyl (C=O) groups is 1. The molecular formula is C18H29NO6. The second-order valence-electron chi connectivity index (χ2n) is 6.87. The highest BCUT2D eigenvalue weighted by atomic mass is 16.7. The molecule has 0 spiro atoms. The standard InChI is InChI=1S/C18H29NO6/c1-3-23-16(20)9-4-5-10-18(19(21)22)11-6-8-15(18)14(2)17-24-12-7-13-25-17/h4-5,14-15,17H,3,6-13H2,1-2H3/b5-4+/t14-,15-,18-/m0/s1. The molecule has 0 aromatic carbocycles. The van der Waals surface area contributed by atoms with Crippen molar-refractivity contribution in [2.45, 2.75) is 64.2 Å². The normalized spacial score (nSPS) is 29.0. The zero-order chi connectivity index (χ0) is 18.3. The first-order valence-electron chi connectivity index (χ1n) is 9.19. The lowest BCUT2D eigenvalue weighted by atomic mass is 9.76. The Morgan fingerprint density at radius 2 is 2.08 bits per heavy atom. The second-order valence-corrected chi connectivity index (χ2v) is 6.87. The molecular weight excluding hydrogens is 326 g/mol. The van der Waals surface area contributed by atoms with Crippen LogP contribution in [0.25, 0.3) is 0 Å². The van der Waals surface area contributed by atoms with Gasteiger partial charge in [-0.1, -0.05) is 19.1 Å². The lowest BCUT2D eigenvalue weighted by Gasteiger charge is -2.36. The first kappa shape index (κ1) is 19.8. The van der Waals surface area contributed by atoms with Crippen LogP contribution in [0.3, 0.4) is 0 Å². The van der Waals surface area contributed by atoms with E-state index < -0.39 is 5.54 Å². The maximum atomic E-state index is 12.0. The third kappa shape index (κ3) is 4.79. The van der Waals surface area contributed by atoms with Crippen LogP contribution in [0.1, 0.15) is 52.4 Å². The minimum atomic E-state index is -1.01. The minimum Gasteiger partial charge on any atom is -0.466 e. The molecule has 3 atom stereocenters. The van der Waals surface area contributed by atoms with Crippen LogP contribution < -0.4 is 0 Å². The van der Waals surface area contributed by atoms with Gasteiger partial charge in [0.05, 0.1) is 26.2 Å². The fourth-order valence-corrected chi connectivity index (χ4v) is 4.08. The molecule has 1 aliphatic carbocycles. The van der Waals surface area contributed by atoms with Gasteiger partial charge in [0.15, 0.2) is 6.29 Å². The van der Waals surface area contributed by atoms with Gasteiger partial charge in [-0.15, -0.1) is 0 Å². The van der Waals surface area contributed by atoms with Crippen molar-refractivity contribution in [1.29, 1.82) is 0 Å². The SMILES string of the molecule is CCOC(=O)C/C=C/C[C@]1([N+](=O)[O-])CCC[C@H]1[C@H](C)C1OCCCO1. The van der Waals surface area contributed by atoms with Gasteiger partial charge < -0.3 is 14.2 Å². The van der Waals surface area contributed by atoms with Crippen LogP contribution in [0.5, 0.6) is 0 Å². The van der Waals surface area contributed by atoms with E-state index in [2.05, 4.69) is 0 Å². The molecule has 0 unspecified atom stereocenters. The maximum absolute atomic E-state index is 12.0. The molecule has 7 nitrogen and oxygen atoms in total. The second kappa shape index (κ2) is 9.29. The summed E-state index contributed by atoms with van der Waals surface area (Å²) >= 11 is 0. The third-order valence-corrected chi connectivity index (χ3v) is 5.32. The first-order valence-corrected chi connectivity index (χ1v) is 9.19. The molecule has 7 heteroatoms. The largest absolute Gasteiger partial charge is 0.466 e. The molecule has 0 bridgehead atoms. The van der Waals surface area contributed by atoms with E-state index in [0.717, 1.165) is 19.3 Å². The molecule has 25 heavy (non-hydrogen) atoms. The van der Waals surface area contributed by atoms with Crippen molar-refractivity contribution in [3.05, 3.63) is 22.3 Å². The van der Waals surface area contributed by atoms with E-state index in [-0.39, 0.29) is 35.4 Å². The summed E-state index contributed by atoms with van der Waals surface area (Å²) < 4.78 is 16.2. The van der Waals surface area contributed by atoms with E-state index in [0.29, 0.717) is 32.7 Å². The molecule has 0 N–H and O–H groups in total. The smallest absolute Gasteiger partial charge is 0.309 e. The molecule has 142 valence electrons. The lowest BCUT2D eigenvalue weighted by Crippen LogP contribution is -2.48. The molecule has 1 saturated heterocycles. The zero-order valence-electron chi connectivity index (χ0n) is 15.1. The fraction of sp³-hybridized carbons (Fsp3) is 0.833. The topological polar surface area (TPSA) is 87.9 Å². The Morgan fingerprint density at radius 3 is 2.72 bits per heavy atom. The van der Waals surface area contributed by atoms with Gasteiger partial charge in [0.1, 0.15) is 0 Å². The predicted octanol–water partition coefficient (Wildman–Crippen LogP) is 3.10.